The molecule has 0 aliphatic rings. The van der Waals surface area contributed by atoms with Crippen molar-refractivity contribution in [3.63, 3.8) is 0 Å². The summed E-state index contributed by atoms with van der Waals surface area (Å²) in [5.74, 6) is 2.05. The van der Waals surface area contributed by atoms with Gasteiger partial charge >= 0.3 is 0 Å². The quantitative estimate of drug-likeness (QED) is 0.225. The summed E-state index contributed by atoms with van der Waals surface area (Å²) >= 11 is 12.3. The third-order valence-corrected chi connectivity index (χ3v) is 6.81. The Hall–Kier alpha value is -3.22. The molecule has 0 saturated carbocycles. The summed E-state index contributed by atoms with van der Waals surface area (Å²) in [5, 5.41) is 4.08. The Bertz CT molecular complexity index is 1350. The smallest absolute Gasteiger partial charge is 0.251 e. The highest BCUT2D eigenvalue weighted by Crippen LogP contribution is 2.28. The van der Waals surface area contributed by atoms with Gasteiger partial charge in [-0.15, -0.1) is 0 Å². The normalized spacial score (nSPS) is 11.0. The second-order valence-electron chi connectivity index (χ2n) is 8.49. The summed E-state index contributed by atoms with van der Waals surface area (Å²) in [6.07, 6.45) is 3.67. The molecule has 0 aliphatic carbocycles. The summed E-state index contributed by atoms with van der Waals surface area (Å²) in [4.78, 5) is 17.4. The Morgan fingerprint density at radius 3 is 2.50 bits per heavy atom. The van der Waals surface area contributed by atoms with Crippen LogP contribution in [0.2, 0.25) is 10.0 Å². The first-order chi connectivity index (χ1) is 17.5. The monoisotopic (exact) mass is 525 g/mol. The molecule has 0 atom stereocenters. The van der Waals surface area contributed by atoms with Gasteiger partial charge in [0.1, 0.15) is 5.82 Å². The first kappa shape index (κ1) is 25.9. The van der Waals surface area contributed by atoms with Crippen LogP contribution in [0.5, 0.6) is 11.5 Å². The summed E-state index contributed by atoms with van der Waals surface area (Å²) in [5.41, 5.74) is 3.70. The molecule has 0 fully saturated rings. The number of amides is 1. The van der Waals surface area contributed by atoms with Gasteiger partial charge in [0.15, 0.2) is 11.5 Å². The number of para-hydroxylation sites is 2. The zero-order valence-electron chi connectivity index (χ0n) is 20.4. The van der Waals surface area contributed by atoms with Gasteiger partial charge in [-0.1, -0.05) is 47.8 Å². The van der Waals surface area contributed by atoms with E-state index in [1.54, 1.807) is 32.4 Å². The molecule has 4 rings (SSSR count). The fraction of sp³-hybridized carbons (Fsp3) is 0.286. The number of carbonyl (C=O) groups excluding carboxylic acids is 1. The Morgan fingerprint density at radius 1 is 0.917 bits per heavy atom. The van der Waals surface area contributed by atoms with Crippen molar-refractivity contribution in [2.24, 2.45) is 0 Å². The molecule has 0 radical (unpaired) electrons. The van der Waals surface area contributed by atoms with Crippen LogP contribution >= 0.6 is 23.2 Å². The molecule has 0 spiro atoms. The van der Waals surface area contributed by atoms with Crippen molar-refractivity contribution in [3.8, 4) is 11.5 Å². The van der Waals surface area contributed by atoms with Crippen LogP contribution in [0.3, 0.4) is 0 Å². The van der Waals surface area contributed by atoms with Crippen molar-refractivity contribution in [3.05, 3.63) is 87.7 Å². The number of unbranched alkanes of at least 4 members (excludes halogenated alkanes) is 2. The molecule has 8 heteroatoms. The highest BCUT2D eigenvalue weighted by atomic mass is 35.5. The number of rotatable bonds is 11. The average Bonchev–Trinajstić information content (AvgIpc) is 3.24. The molecule has 0 bridgehead atoms. The fourth-order valence-corrected chi connectivity index (χ4v) is 4.50. The predicted molar refractivity (Wildman–Crippen MR) is 145 cm³/mol. The maximum atomic E-state index is 12.5. The maximum Gasteiger partial charge on any atom is 0.251 e. The van der Waals surface area contributed by atoms with Crippen LogP contribution in [0, 0.1) is 0 Å². The largest absolute Gasteiger partial charge is 0.493 e. The lowest BCUT2D eigenvalue weighted by molar-refractivity contribution is 0.0952. The van der Waals surface area contributed by atoms with Crippen LogP contribution in [0.15, 0.2) is 60.7 Å². The van der Waals surface area contributed by atoms with E-state index < -0.39 is 0 Å². The number of aryl methyl sites for hydroxylation is 1. The van der Waals surface area contributed by atoms with E-state index in [9.17, 15) is 4.79 Å². The molecular formula is C28H29Cl2N3O3. The van der Waals surface area contributed by atoms with E-state index in [0.717, 1.165) is 48.1 Å². The van der Waals surface area contributed by atoms with Gasteiger partial charge in [-0.3, -0.25) is 4.79 Å². The third kappa shape index (κ3) is 6.12. The van der Waals surface area contributed by atoms with E-state index in [1.165, 1.54) is 0 Å². The fourth-order valence-electron chi connectivity index (χ4n) is 4.18. The molecule has 1 amide bonds. The molecule has 3 aromatic carbocycles. The number of hydrogen-bond donors (Lipinski definition) is 1. The van der Waals surface area contributed by atoms with Crippen LogP contribution in [0.4, 0.5) is 0 Å². The second kappa shape index (κ2) is 12.2. The van der Waals surface area contributed by atoms with Gasteiger partial charge in [-0.2, -0.15) is 0 Å². The zero-order chi connectivity index (χ0) is 25.5. The van der Waals surface area contributed by atoms with E-state index in [1.807, 2.05) is 36.4 Å². The van der Waals surface area contributed by atoms with Crippen LogP contribution in [0.25, 0.3) is 11.0 Å². The Labute approximate surface area is 221 Å². The van der Waals surface area contributed by atoms with Crippen molar-refractivity contribution in [2.75, 3.05) is 20.8 Å². The number of fused-ring (bicyclic) bond motifs is 1. The molecule has 188 valence electrons. The molecule has 4 aromatic rings. The van der Waals surface area contributed by atoms with Crippen LogP contribution in [-0.4, -0.2) is 36.2 Å². The highest BCUT2D eigenvalue weighted by Gasteiger charge is 2.13. The SMILES string of the molecule is COc1ccc(C(=O)NCCCCCc2nc3ccccc3n2Cc2ccc(Cl)c(Cl)c2)cc1OC. The summed E-state index contributed by atoms with van der Waals surface area (Å²) in [6.45, 7) is 1.28. The molecule has 0 unspecified atom stereocenters. The molecular weight excluding hydrogens is 497 g/mol. The van der Waals surface area contributed by atoms with Crippen molar-refractivity contribution >= 4 is 40.1 Å². The van der Waals surface area contributed by atoms with Crippen molar-refractivity contribution < 1.29 is 14.3 Å². The van der Waals surface area contributed by atoms with Gasteiger partial charge in [-0.25, -0.2) is 4.98 Å². The number of hydrogen-bond acceptors (Lipinski definition) is 4. The zero-order valence-corrected chi connectivity index (χ0v) is 21.9. The van der Waals surface area contributed by atoms with E-state index in [0.29, 0.717) is 40.2 Å². The van der Waals surface area contributed by atoms with E-state index in [-0.39, 0.29) is 5.91 Å². The van der Waals surface area contributed by atoms with Crippen molar-refractivity contribution in [1.29, 1.82) is 0 Å². The lowest BCUT2D eigenvalue weighted by atomic mass is 10.1. The molecule has 1 heterocycles. The van der Waals surface area contributed by atoms with Crippen molar-refractivity contribution in [2.45, 2.75) is 32.2 Å². The van der Waals surface area contributed by atoms with Gasteiger partial charge in [0, 0.05) is 25.1 Å². The standard InChI is InChI=1S/C28H29Cl2N3O3/c1-35-25-14-12-20(17-26(25)36-2)28(34)31-15-7-3-4-10-27-32-23-8-5-6-9-24(23)33(27)18-19-11-13-21(29)22(30)16-19/h5-6,8-9,11-14,16-17H,3-4,7,10,15,18H2,1-2H3,(H,31,34). The van der Waals surface area contributed by atoms with Gasteiger partial charge < -0.3 is 19.4 Å². The average molecular weight is 526 g/mol. The number of ether oxygens (including phenoxy) is 2. The first-order valence-electron chi connectivity index (χ1n) is 11.9. The third-order valence-electron chi connectivity index (χ3n) is 6.07. The van der Waals surface area contributed by atoms with Gasteiger partial charge in [0.2, 0.25) is 0 Å². The van der Waals surface area contributed by atoms with Crippen LogP contribution in [0.1, 0.15) is 41.0 Å². The van der Waals surface area contributed by atoms with E-state index in [4.69, 9.17) is 37.7 Å². The summed E-state index contributed by atoms with van der Waals surface area (Å²) in [7, 11) is 3.12. The Morgan fingerprint density at radius 2 is 1.72 bits per heavy atom. The van der Waals surface area contributed by atoms with Crippen molar-refractivity contribution in [1.82, 2.24) is 14.9 Å². The summed E-state index contributed by atoms with van der Waals surface area (Å²) < 4.78 is 12.8. The number of nitrogens with zero attached hydrogens (tertiary/aromatic N) is 2. The lowest BCUT2D eigenvalue weighted by Crippen LogP contribution is -2.24. The van der Waals surface area contributed by atoms with Gasteiger partial charge in [0.05, 0.1) is 35.3 Å². The molecule has 0 saturated heterocycles. The predicted octanol–water partition coefficient (Wildman–Crippen LogP) is 6.55. The van der Waals surface area contributed by atoms with Crippen LogP contribution < -0.4 is 14.8 Å². The Kier molecular flexibility index (Phi) is 8.73. The summed E-state index contributed by atoms with van der Waals surface area (Å²) in [6, 6.07) is 19.0. The number of imidazole rings is 1. The lowest BCUT2D eigenvalue weighted by Gasteiger charge is -2.11. The van der Waals surface area contributed by atoms with Gasteiger partial charge in [0.25, 0.3) is 5.91 Å². The minimum atomic E-state index is -0.126. The first-order valence-corrected chi connectivity index (χ1v) is 12.6. The topological polar surface area (TPSA) is 65.4 Å². The number of aromatic nitrogens is 2. The molecule has 6 nitrogen and oxygen atoms in total. The number of halogens is 2. The van der Waals surface area contributed by atoms with Crippen LogP contribution in [-0.2, 0) is 13.0 Å². The maximum absolute atomic E-state index is 12.5. The Balaban J connectivity index is 1.32. The molecule has 36 heavy (non-hydrogen) atoms. The minimum absolute atomic E-state index is 0.126. The number of methoxy groups -OCH3 is 2. The second-order valence-corrected chi connectivity index (χ2v) is 9.30. The number of carbonyl (C=O) groups is 1. The molecule has 0 aliphatic heterocycles. The van der Waals surface area contributed by atoms with Gasteiger partial charge in [-0.05, 0) is 60.9 Å². The molecule has 1 N–H and O–H groups in total. The highest BCUT2D eigenvalue weighted by molar-refractivity contribution is 6.42. The number of benzene rings is 3. The van der Waals surface area contributed by atoms with E-state index in [2.05, 4.69) is 16.0 Å². The minimum Gasteiger partial charge on any atom is -0.493 e. The molecule has 1 aromatic heterocycles. The number of nitrogens with one attached hydrogen (secondary N) is 1. The van der Waals surface area contributed by atoms with E-state index >= 15 is 0 Å².